The molecule has 0 radical (unpaired) electrons. The molecule has 1 aliphatic rings. The van der Waals surface area contributed by atoms with Gasteiger partial charge in [0.2, 0.25) is 5.37 Å². The van der Waals surface area contributed by atoms with E-state index in [0.717, 1.165) is 5.01 Å². The second kappa shape index (κ2) is 10.2. The highest BCUT2D eigenvalue weighted by Gasteiger charge is 2.44. The average molecular weight is 450 g/mol. The average Bonchev–Trinajstić information content (AvgIpc) is 3.17. The van der Waals surface area contributed by atoms with Gasteiger partial charge in [0.15, 0.2) is 0 Å². The summed E-state index contributed by atoms with van der Waals surface area (Å²) in [6.07, 6.45) is 0. The first-order valence-corrected chi connectivity index (χ1v) is 11.1. The molecular weight excluding hydrogens is 418 g/mol. The first-order chi connectivity index (χ1) is 14.5. The Hall–Kier alpha value is -2.55. The number of nitrogens with zero attached hydrogens (tertiary/aromatic N) is 2. The van der Waals surface area contributed by atoms with Crippen LogP contribution in [0.15, 0.2) is 29.4 Å². The Morgan fingerprint density at radius 1 is 1.19 bits per heavy atom. The van der Waals surface area contributed by atoms with E-state index in [1.165, 1.54) is 11.8 Å². The van der Waals surface area contributed by atoms with E-state index in [2.05, 4.69) is 10.4 Å². The van der Waals surface area contributed by atoms with Gasteiger partial charge in [-0.15, -0.1) is 0 Å². The quantitative estimate of drug-likeness (QED) is 0.642. The number of esters is 1. The third kappa shape index (κ3) is 6.00. The molecule has 2 rings (SSSR count). The van der Waals surface area contributed by atoms with Crippen molar-refractivity contribution in [3.05, 3.63) is 29.8 Å². The highest BCUT2D eigenvalue weighted by Crippen LogP contribution is 2.36. The van der Waals surface area contributed by atoms with Gasteiger partial charge in [-0.1, -0.05) is 46.4 Å². The largest absolute Gasteiger partial charge is 0.497 e. The molecule has 170 valence electrons. The van der Waals surface area contributed by atoms with Gasteiger partial charge in [-0.2, -0.15) is 5.10 Å². The molecule has 9 heteroatoms. The summed E-state index contributed by atoms with van der Waals surface area (Å²) in [5, 5.41) is 8.13. The monoisotopic (exact) mass is 449 g/mol. The molecule has 2 atom stereocenters. The number of hydrogen-bond acceptors (Lipinski definition) is 7. The highest BCUT2D eigenvalue weighted by molar-refractivity contribution is 8.15. The Morgan fingerprint density at radius 3 is 2.29 bits per heavy atom. The molecule has 0 fully saturated rings. The second-order valence-corrected chi connectivity index (χ2v) is 9.55. The SMILES string of the molecule is CCOC(=O)C1SC(C(C)(C)C)=NN1C(=O)C(NC(=O)c1ccc(OC)cc1)C(C)C. The van der Waals surface area contributed by atoms with Gasteiger partial charge in [0.25, 0.3) is 11.8 Å². The van der Waals surface area contributed by atoms with Gasteiger partial charge >= 0.3 is 5.97 Å². The van der Waals surface area contributed by atoms with Gasteiger partial charge in [0.1, 0.15) is 16.8 Å². The smallest absolute Gasteiger partial charge is 0.341 e. The number of hydrogen-bond donors (Lipinski definition) is 1. The summed E-state index contributed by atoms with van der Waals surface area (Å²) in [7, 11) is 1.54. The molecule has 1 N–H and O–H groups in total. The highest BCUT2D eigenvalue weighted by atomic mass is 32.2. The van der Waals surface area contributed by atoms with Crippen molar-refractivity contribution < 1.29 is 23.9 Å². The molecule has 2 amide bonds. The number of ether oxygens (including phenoxy) is 2. The van der Waals surface area contributed by atoms with Crippen LogP contribution in [0.5, 0.6) is 5.75 Å². The Kier molecular flexibility index (Phi) is 8.11. The van der Waals surface area contributed by atoms with Crippen molar-refractivity contribution in [1.29, 1.82) is 0 Å². The van der Waals surface area contributed by atoms with E-state index in [1.807, 2.05) is 34.6 Å². The van der Waals surface area contributed by atoms with Gasteiger partial charge in [-0.05, 0) is 37.1 Å². The predicted octanol–water partition coefficient (Wildman–Crippen LogP) is 3.27. The number of nitrogens with one attached hydrogen (secondary N) is 1. The lowest BCUT2D eigenvalue weighted by atomic mass is 9.99. The van der Waals surface area contributed by atoms with Crippen LogP contribution in [-0.2, 0) is 14.3 Å². The molecule has 0 saturated carbocycles. The zero-order valence-corrected chi connectivity index (χ0v) is 19.9. The van der Waals surface area contributed by atoms with Crippen LogP contribution in [0.1, 0.15) is 51.9 Å². The van der Waals surface area contributed by atoms with Crippen molar-refractivity contribution in [1.82, 2.24) is 10.3 Å². The van der Waals surface area contributed by atoms with Gasteiger partial charge in [-0.3, -0.25) is 9.59 Å². The van der Waals surface area contributed by atoms with Crippen molar-refractivity contribution in [3.63, 3.8) is 0 Å². The van der Waals surface area contributed by atoms with E-state index in [-0.39, 0.29) is 17.9 Å². The summed E-state index contributed by atoms with van der Waals surface area (Å²) < 4.78 is 10.3. The standard InChI is InChI=1S/C22H31N3O5S/c1-8-30-20(28)19-25(24-21(31-19)22(4,5)6)18(27)16(13(2)3)23-17(26)14-9-11-15(29-7)12-10-14/h9-13,16,19H,8H2,1-7H3,(H,23,26). The lowest BCUT2D eigenvalue weighted by Crippen LogP contribution is -2.52. The summed E-state index contributed by atoms with van der Waals surface area (Å²) in [5.74, 6) is -0.983. The molecule has 1 aromatic rings. The van der Waals surface area contributed by atoms with E-state index < -0.39 is 29.2 Å². The van der Waals surface area contributed by atoms with Crippen molar-refractivity contribution in [2.24, 2.45) is 16.4 Å². The fraction of sp³-hybridized carbons (Fsp3) is 0.545. The van der Waals surface area contributed by atoms with Crippen LogP contribution in [0, 0.1) is 11.3 Å². The van der Waals surface area contributed by atoms with Gasteiger partial charge in [-0.25, -0.2) is 9.80 Å². The lowest BCUT2D eigenvalue weighted by Gasteiger charge is -2.27. The molecule has 1 heterocycles. The lowest BCUT2D eigenvalue weighted by molar-refractivity contribution is -0.151. The molecular formula is C22H31N3O5S. The van der Waals surface area contributed by atoms with Crippen molar-refractivity contribution in [3.8, 4) is 5.75 Å². The van der Waals surface area contributed by atoms with Crippen LogP contribution >= 0.6 is 11.8 Å². The molecule has 0 aliphatic carbocycles. The fourth-order valence-electron chi connectivity index (χ4n) is 2.81. The Bertz CT molecular complexity index is 846. The number of rotatable bonds is 7. The van der Waals surface area contributed by atoms with Gasteiger partial charge in [0, 0.05) is 11.0 Å². The first kappa shape index (κ1) is 24.7. The summed E-state index contributed by atoms with van der Waals surface area (Å²) in [4.78, 5) is 38.7. The van der Waals surface area contributed by atoms with Crippen LogP contribution < -0.4 is 10.1 Å². The molecule has 1 aliphatic heterocycles. The van der Waals surface area contributed by atoms with E-state index in [4.69, 9.17) is 9.47 Å². The maximum Gasteiger partial charge on any atom is 0.341 e. The van der Waals surface area contributed by atoms with E-state index in [0.29, 0.717) is 16.4 Å². The summed E-state index contributed by atoms with van der Waals surface area (Å²) in [6, 6.07) is 5.73. The fourth-order valence-corrected chi connectivity index (χ4v) is 3.92. The minimum absolute atomic E-state index is 0.199. The molecule has 0 spiro atoms. The zero-order valence-electron chi connectivity index (χ0n) is 19.1. The zero-order chi connectivity index (χ0) is 23.3. The van der Waals surface area contributed by atoms with Gasteiger partial charge in [0.05, 0.1) is 13.7 Å². The number of thioether (sulfide) groups is 1. The predicted molar refractivity (Wildman–Crippen MR) is 121 cm³/mol. The van der Waals surface area contributed by atoms with E-state index in [1.54, 1.807) is 38.3 Å². The van der Waals surface area contributed by atoms with E-state index in [9.17, 15) is 14.4 Å². The molecule has 1 aromatic carbocycles. The van der Waals surface area contributed by atoms with Crippen molar-refractivity contribution in [2.45, 2.75) is 53.0 Å². The van der Waals surface area contributed by atoms with Crippen LogP contribution in [-0.4, -0.2) is 53.0 Å². The maximum absolute atomic E-state index is 13.4. The molecule has 0 bridgehead atoms. The molecule has 8 nitrogen and oxygen atoms in total. The number of carbonyl (C=O) groups excluding carboxylic acids is 3. The van der Waals surface area contributed by atoms with Crippen molar-refractivity contribution in [2.75, 3.05) is 13.7 Å². The summed E-state index contributed by atoms with van der Waals surface area (Å²) in [6.45, 7) is 11.4. The van der Waals surface area contributed by atoms with Crippen LogP contribution in [0.2, 0.25) is 0 Å². The normalized spacial score (nSPS) is 17.2. The molecule has 31 heavy (non-hydrogen) atoms. The number of carbonyl (C=O) groups is 3. The van der Waals surface area contributed by atoms with E-state index >= 15 is 0 Å². The van der Waals surface area contributed by atoms with Crippen molar-refractivity contribution >= 4 is 34.6 Å². The minimum Gasteiger partial charge on any atom is -0.497 e. The Balaban J connectivity index is 2.28. The van der Waals surface area contributed by atoms with Crippen LogP contribution in [0.25, 0.3) is 0 Å². The van der Waals surface area contributed by atoms with Crippen LogP contribution in [0.3, 0.4) is 0 Å². The van der Waals surface area contributed by atoms with Gasteiger partial charge < -0.3 is 14.8 Å². The third-order valence-corrected chi connectivity index (χ3v) is 6.10. The summed E-state index contributed by atoms with van der Waals surface area (Å²) >= 11 is 1.20. The summed E-state index contributed by atoms with van der Waals surface area (Å²) in [5.41, 5.74) is 0.0558. The number of hydrazone groups is 1. The molecule has 0 saturated heterocycles. The molecule has 2 unspecified atom stereocenters. The topological polar surface area (TPSA) is 97.3 Å². The first-order valence-electron chi connectivity index (χ1n) is 10.2. The number of benzene rings is 1. The third-order valence-electron chi connectivity index (χ3n) is 4.57. The van der Waals surface area contributed by atoms with Crippen LogP contribution in [0.4, 0.5) is 0 Å². The Labute approximate surface area is 187 Å². The molecule has 0 aromatic heterocycles. The number of amides is 2. The minimum atomic E-state index is -0.916. The maximum atomic E-state index is 13.4. The number of methoxy groups -OCH3 is 1. The Morgan fingerprint density at radius 2 is 1.81 bits per heavy atom. The second-order valence-electron chi connectivity index (χ2n) is 8.48.